The van der Waals surface area contributed by atoms with Crippen LogP contribution in [0.5, 0.6) is 0 Å². The molecule has 4 nitrogen and oxygen atoms in total. The maximum Gasteiger partial charge on any atom is 0.150 e. The normalized spacial score (nSPS) is 9.87. The molecule has 0 atom stereocenters. The Morgan fingerprint density at radius 2 is 2.00 bits per heavy atom. The number of nitrogens with two attached hydrogens (primary N) is 1. The van der Waals surface area contributed by atoms with Gasteiger partial charge >= 0.3 is 0 Å². The molecule has 2 rings (SSSR count). The number of pyridine rings is 2. The van der Waals surface area contributed by atoms with Crippen molar-refractivity contribution in [3.63, 3.8) is 0 Å². The van der Waals surface area contributed by atoms with E-state index in [4.69, 9.17) is 5.73 Å². The summed E-state index contributed by atoms with van der Waals surface area (Å²) in [4.78, 5) is 18.7. The Morgan fingerprint density at radius 3 is 2.67 bits per heavy atom. The van der Waals surface area contributed by atoms with Crippen LogP contribution in [0.25, 0.3) is 11.1 Å². The molecule has 0 fully saturated rings. The van der Waals surface area contributed by atoms with E-state index in [0.717, 1.165) is 17.4 Å². The van der Waals surface area contributed by atoms with Gasteiger partial charge < -0.3 is 5.73 Å². The van der Waals surface area contributed by atoms with E-state index >= 15 is 0 Å². The highest BCUT2D eigenvalue weighted by Gasteiger charge is 2.05. The zero-order chi connectivity index (χ0) is 10.7. The van der Waals surface area contributed by atoms with Crippen LogP contribution in [0.3, 0.4) is 0 Å². The van der Waals surface area contributed by atoms with Crippen molar-refractivity contribution in [3.8, 4) is 11.1 Å². The highest BCUT2D eigenvalue weighted by molar-refractivity contribution is 5.88. The maximum absolute atomic E-state index is 10.9. The number of carbonyl (C=O) groups excluding carboxylic acids is 1. The lowest BCUT2D eigenvalue weighted by Crippen LogP contribution is -1.95. The van der Waals surface area contributed by atoms with Crippen LogP contribution in [-0.2, 0) is 0 Å². The average molecular weight is 199 g/mol. The van der Waals surface area contributed by atoms with Crippen molar-refractivity contribution in [2.24, 2.45) is 0 Å². The zero-order valence-electron chi connectivity index (χ0n) is 7.92. The van der Waals surface area contributed by atoms with Crippen molar-refractivity contribution < 1.29 is 4.79 Å². The Hall–Kier alpha value is -2.23. The van der Waals surface area contributed by atoms with E-state index in [2.05, 4.69) is 9.97 Å². The fraction of sp³-hybridized carbons (Fsp3) is 0. The van der Waals surface area contributed by atoms with Crippen LogP contribution in [0, 0.1) is 0 Å². The molecule has 2 aromatic heterocycles. The molecule has 2 aromatic rings. The van der Waals surface area contributed by atoms with Crippen LogP contribution >= 0.6 is 0 Å². The number of nitrogens with zero attached hydrogens (tertiary/aromatic N) is 2. The number of aldehydes is 1. The van der Waals surface area contributed by atoms with E-state index in [1.165, 1.54) is 0 Å². The van der Waals surface area contributed by atoms with Gasteiger partial charge in [-0.1, -0.05) is 0 Å². The third-order valence-electron chi connectivity index (χ3n) is 2.08. The van der Waals surface area contributed by atoms with E-state index in [-0.39, 0.29) is 0 Å². The number of hydrogen-bond donors (Lipinski definition) is 1. The van der Waals surface area contributed by atoms with Crippen molar-refractivity contribution in [2.45, 2.75) is 0 Å². The minimum absolute atomic E-state index is 0.343. The van der Waals surface area contributed by atoms with Gasteiger partial charge in [0.2, 0.25) is 0 Å². The molecular weight excluding hydrogens is 190 g/mol. The summed E-state index contributed by atoms with van der Waals surface area (Å²) in [6, 6.07) is 5.20. The Kier molecular flexibility index (Phi) is 2.41. The largest absolute Gasteiger partial charge is 0.384 e. The fourth-order valence-electron chi connectivity index (χ4n) is 1.36. The second-order valence-corrected chi connectivity index (χ2v) is 3.05. The lowest BCUT2D eigenvalue weighted by Gasteiger charge is -2.04. The van der Waals surface area contributed by atoms with Gasteiger partial charge in [0.1, 0.15) is 5.82 Å². The fourth-order valence-corrected chi connectivity index (χ4v) is 1.36. The van der Waals surface area contributed by atoms with Crippen molar-refractivity contribution >= 4 is 12.1 Å². The molecule has 0 aliphatic rings. The van der Waals surface area contributed by atoms with E-state index in [9.17, 15) is 4.79 Å². The molecule has 0 radical (unpaired) electrons. The molecular formula is C11H9N3O. The van der Waals surface area contributed by atoms with Gasteiger partial charge in [-0.3, -0.25) is 9.78 Å². The minimum atomic E-state index is 0.343. The number of aromatic nitrogens is 2. The molecule has 0 aliphatic carbocycles. The van der Waals surface area contributed by atoms with Gasteiger partial charge in [0.05, 0.1) is 0 Å². The highest BCUT2D eigenvalue weighted by Crippen LogP contribution is 2.21. The van der Waals surface area contributed by atoms with Gasteiger partial charge in [-0.05, 0) is 23.8 Å². The number of anilines is 1. The highest BCUT2D eigenvalue weighted by atomic mass is 16.1. The molecule has 0 aliphatic heterocycles. The molecule has 0 saturated carbocycles. The first-order valence-electron chi connectivity index (χ1n) is 4.42. The molecule has 2 heterocycles. The van der Waals surface area contributed by atoms with Crippen molar-refractivity contribution in [3.05, 3.63) is 42.4 Å². The van der Waals surface area contributed by atoms with E-state index in [0.29, 0.717) is 11.4 Å². The van der Waals surface area contributed by atoms with Crippen LogP contribution in [0.15, 0.2) is 36.8 Å². The number of nitrogen functional groups attached to an aromatic ring is 1. The summed E-state index contributed by atoms with van der Waals surface area (Å²) in [6.45, 7) is 0. The summed E-state index contributed by atoms with van der Waals surface area (Å²) in [6.07, 6.45) is 5.70. The lowest BCUT2D eigenvalue weighted by atomic mass is 10.0. The quantitative estimate of drug-likeness (QED) is 0.745. The summed E-state index contributed by atoms with van der Waals surface area (Å²) >= 11 is 0. The van der Waals surface area contributed by atoms with Gasteiger partial charge in [-0.15, -0.1) is 0 Å². The summed E-state index contributed by atoms with van der Waals surface area (Å²) in [5.74, 6) is 0.343. The molecule has 74 valence electrons. The molecule has 2 N–H and O–H groups in total. The van der Waals surface area contributed by atoms with Crippen LogP contribution in [0.1, 0.15) is 10.4 Å². The van der Waals surface area contributed by atoms with Crippen LogP contribution < -0.4 is 5.73 Å². The zero-order valence-corrected chi connectivity index (χ0v) is 7.92. The van der Waals surface area contributed by atoms with E-state index < -0.39 is 0 Å². The van der Waals surface area contributed by atoms with Crippen LogP contribution in [0.2, 0.25) is 0 Å². The van der Waals surface area contributed by atoms with E-state index in [1.54, 1.807) is 24.7 Å². The third kappa shape index (κ3) is 1.83. The van der Waals surface area contributed by atoms with Gasteiger partial charge in [-0.25, -0.2) is 4.98 Å². The van der Waals surface area contributed by atoms with Crippen molar-refractivity contribution in [1.82, 2.24) is 9.97 Å². The lowest BCUT2D eigenvalue weighted by molar-refractivity contribution is 0.112. The standard InChI is InChI=1S/C11H9N3O/c12-11-5-9(7-15)10(6-14-11)8-1-3-13-4-2-8/h1-7H,(H2,12,14). The second kappa shape index (κ2) is 3.88. The average Bonchev–Trinajstić information content (AvgIpc) is 2.30. The topological polar surface area (TPSA) is 68.9 Å². The molecule has 4 heteroatoms. The summed E-state index contributed by atoms with van der Waals surface area (Å²) < 4.78 is 0. The third-order valence-corrected chi connectivity index (χ3v) is 2.08. The van der Waals surface area contributed by atoms with Gasteiger partial charge in [-0.2, -0.15) is 0 Å². The second-order valence-electron chi connectivity index (χ2n) is 3.05. The smallest absolute Gasteiger partial charge is 0.150 e. The van der Waals surface area contributed by atoms with Crippen molar-refractivity contribution in [1.29, 1.82) is 0 Å². The summed E-state index contributed by atoms with van der Waals surface area (Å²) in [5.41, 5.74) is 7.70. The summed E-state index contributed by atoms with van der Waals surface area (Å²) in [5, 5.41) is 0. The molecule has 0 spiro atoms. The molecule has 15 heavy (non-hydrogen) atoms. The number of hydrogen-bond acceptors (Lipinski definition) is 4. The number of carbonyl (C=O) groups is 1. The minimum Gasteiger partial charge on any atom is -0.384 e. The van der Waals surface area contributed by atoms with Gasteiger partial charge in [0, 0.05) is 29.7 Å². The Balaban J connectivity index is 2.58. The summed E-state index contributed by atoms with van der Waals surface area (Å²) in [7, 11) is 0. The van der Waals surface area contributed by atoms with E-state index in [1.807, 2.05) is 12.1 Å². The maximum atomic E-state index is 10.9. The molecule has 0 aromatic carbocycles. The first kappa shape index (κ1) is 9.33. The first-order chi connectivity index (χ1) is 7.31. The molecule has 0 bridgehead atoms. The SMILES string of the molecule is Nc1cc(C=O)c(-c2ccncc2)cn1. The Bertz CT molecular complexity index is 482. The molecule has 0 saturated heterocycles. The Labute approximate surface area is 86.8 Å². The molecule has 0 amide bonds. The predicted octanol–water partition coefficient (Wildman–Crippen LogP) is 1.54. The van der Waals surface area contributed by atoms with Crippen LogP contribution in [-0.4, -0.2) is 16.3 Å². The number of rotatable bonds is 2. The first-order valence-corrected chi connectivity index (χ1v) is 4.42. The Morgan fingerprint density at radius 1 is 1.27 bits per heavy atom. The molecule has 0 unspecified atom stereocenters. The van der Waals surface area contributed by atoms with Crippen molar-refractivity contribution in [2.75, 3.05) is 5.73 Å². The van der Waals surface area contributed by atoms with Gasteiger partial charge in [0.15, 0.2) is 6.29 Å². The van der Waals surface area contributed by atoms with Crippen LogP contribution in [0.4, 0.5) is 5.82 Å². The monoisotopic (exact) mass is 199 g/mol. The predicted molar refractivity (Wildman–Crippen MR) is 57.3 cm³/mol. The van der Waals surface area contributed by atoms with Gasteiger partial charge in [0.25, 0.3) is 0 Å².